The number of hydrogen-bond acceptors (Lipinski definition) is 2. The lowest BCUT2D eigenvalue weighted by Crippen LogP contribution is -1.96. The second-order valence-electron chi connectivity index (χ2n) is 3.39. The molecule has 0 spiro atoms. The Labute approximate surface area is 95.8 Å². The number of hydrogen-bond donors (Lipinski definition) is 0. The van der Waals surface area contributed by atoms with E-state index in [2.05, 4.69) is 15.9 Å². The van der Waals surface area contributed by atoms with E-state index in [1.165, 1.54) is 0 Å². The predicted molar refractivity (Wildman–Crippen MR) is 59.2 cm³/mol. The quantitative estimate of drug-likeness (QED) is 0.785. The van der Waals surface area contributed by atoms with Crippen LogP contribution in [0.4, 0.5) is 0 Å². The van der Waals surface area contributed by atoms with Crippen LogP contribution in [0.25, 0.3) is 0 Å². The number of benzene rings is 1. The average Bonchev–Trinajstić information content (AvgIpc) is 2.83. The third-order valence-electron chi connectivity index (χ3n) is 2.25. The van der Waals surface area contributed by atoms with Gasteiger partial charge in [0.2, 0.25) is 0 Å². The Balaban J connectivity index is 2.59. The first-order valence-electron chi connectivity index (χ1n) is 4.22. The highest BCUT2D eigenvalue weighted by Crippen LogP contribution is 2.44. The van der Waals surface area contributed by atoms with E-state index in [4.69, 9.17) is 10.7 Å². The van der Waals surface area contributed by atoms with Gasteiger partial charge in [-0.2, -0.15) is 0 Å². The summed E-state index contributed by atoms with van der Waals surface area (Å²) in [7, 11) is 1.74. The van der Waals surface area contributed by atoms with Gasteiger partial charge in [0.05, 0.1) is 4.90 Å². The van der Waals surface area contributed by atoms with Crippen molar-refractivity contribution in [3.63, 3.8) is 0 Å². The maximum absolute atomic E-state index is 11.2. The van der Waals surface area contributed by atoms with Crippen molar-refractivity contribution in [3.05, 3.63) is 28.2 Å². The highest BCUT2D eigenvalue weighted by molar-refractivity contribution is 9.10. The van der Waals surface area contributed by atoms with E-state index in [1.807, 2.05) is 6.07 Å². The molecule has 0 N–H and O–H groups in total. The van der Waals surface area contributed by atoms with Crippen LogP contribution in [0.5, 0.6) is 0 Å². The summed E-state index contributed by atoms with van der Waals surface area (Å²) in [6, 6.07) is 5.09. The molecule has 0 aromatic heterocycles. The van der Waals surface area contributed by atoms with Crippen LogP contribution < -0.4 is 0 Å². The Morgan fingerprint density at radius 3 is 2.50 bits per heavy atom. The molecule has 1 aromatic carbocycles. The Morgan fingerprint density at radius 1 is 1.36 bits per heavy atom. The molecule has 1 aliphatic rings. The molecule has 0 heterocycles. The van der Waals surface area contributed by atoms with Gasteiger partial charge >= 0.3 is 0 Å². The standard InChI is InChI=1S/C9H8BrClO2S/c10-7-3-4-9(14(11,12)13)8(5-7)6-1-2-6/h3-6H,1-2H2. The molecule has 1 aromatic rings. The molecule has 0 radical (unpaired) electrons. The van der Waals surface area contributed by atoms with Crippen molar-refractivity contribution in [2.75, 3.05) is 0 Å². The van der Waals surface area contributed by atoms with Gasteiger partial charge < -0.3 is 0 Å². The van der Waals surface area contributed by atoms with E-state index in [9.17, 15) is 8.42 Å². The van der Waals surface area contributed by atoms with Crippen molar-refractivity contribution < 1.29 is 8.42 Å². The zero-order valence-electron chi connectivity index (χ0n) is 7.20. The van der Waals surface area contributed by atoms with Crippen LogP contribution in [0.15, 0.2) is 27.6 Å². The van der Waals surface area contributed by atoms with Crippen molar-refractivity contribution in [3.8, 4) is 0 Å². The van der Waals surface area contributed by atoms with Gasteiger partial charge in [-0.25, -0.2) is 8.42 Å². The summed E-state index contributed by atoms with van der Waals surface area (Å²) in [4.78, 5) is 0.255. The molecular weight excluding hydrogens is 288 g/mol. The minimum absolute atomic E-state index is 0.255. The molecule has 0 bridgehead atoms. The average molecular weight is 296 g/mol. The first kappa shape index (κ1) is 10.5. The molecule has 2 rings (SSSR count). The summed E-state index contributed by atoms with van der Waals surface area (Å²) in [6.07, 6.45) is 2.10. The molecule has 1 saturated carbocycles. The monoisotopic (exact) mass is 294 g/mol. The summed E-state index contributed by atoms with van der Waals surface area (Å²) >= 11 is 3.32. The van der Waals surface area contributed by atoms with Crippen molar-refractivity contribution in [2.24, 2.45) is 0 Å². The fourth-order valence-electron chi connectivity index (χ4n) is 1.45. The molecule has 76 valence electrons. The van der Waals surface area contributed by atoms with Gasteiger partial charge in [-0.15, -0.1) is 0 Å². The summed E-state index contributed by atoms with van der Waals surface area (Å²) in [5.41, 5.74) is 0.842. The fraction of sp³-hybridized carbons (Fsp3) is 0.333. The highest BCUT2D eigenvalue weighted by atomic mass is 79.9. The van der Waals surface area contributed by atoms with Gasteiger partial charge in [0, 0.05) is 15.2 Å². The molecule has 1 fully saturated rings. The SMILES string of the molecule is O=S(=O)(Cl)c1ccc(Br)cc1C1CC1. The third-order valence-corrected chi connectivity index (χ3v) is 4.14. The zero-order chi connectivity index (χ0) is 10.3. The summed E-state index contributed by atoms with van der Waals surface area (Å²) in [6.45, 7) is 0. The Hall–Kier alpha value is -0.0600. The first-order valence-corrected chi connectivity index (χ1v) is 7.33. The van der Waals surface area contributed by atoms with Crippen molar-refractivity contribution in [1.82, 2.24) is 0 Å². The fourth-order valence-corrected chi connectivity index (χ4v) is 2.99. The third kappa shape index (κ3) is 2.12. The first-order chi connectivity index (χ1) is 6.48. The van der Waals surface area contributed by atoms with Crippen LogP contribution in [0, 0.1) is 0 Å². The molecular formula is C9H8BrClO2S. The van der Waals surface area contributed by atoms with Gasteiger partial charge in [-0.3, -0.25) is 0 Å². The van der Waals surface area contributed by atoms with Crippen LogP contribution >= 0.6 is 26.6 Å². The van der Waals surface area contributed by atoms with Crippen molar-refractivity contribution in [2.45, 2.75) is 23.7 Å². The molecule has 1 aliphatic carbocycles. The number of rotatable bonds is 2. The zero-order valence-corrected chi connectivity index (χ0v) is 10.4. The molecule has 0 amide bonds. The van der Waals surface area contributed by atoms with Crippen molar-refractivity contribution >= 4 is 35.7 Å². The van der Waals surface area contributed by atoms with Crippen molar-refractivity contribution in [1.29, 1.82) is 0 Å². The predicted octanol–water partition coefficient (Wildman–Crippen LogP) is 3.25. The minimum atomic E-state index is -3.60. The van der Waals surface area contributed by atoms with E-state index < -0.39 is 9.05 Å². The van der Waals surface area contributed by atoms with Gasteiger partial charge in [-0.1, -0.05) is 15.9 Å². The Kier molecular flexibility index (Phi) is 2.62. The van der Waals surface area contributed by atoms with E-state index in [0.717, 1.165) is 22.9 Å². The summed E-state index contributed by atoms with van der Waals surface area (Å²) in [5, 5.41) is 0. The smallest absolute Gasteiger partial charge is 0.207 e. The van der Waals surface area contributed by atoms with Crippen LogP contribution in [0.3, 0.4) is 0 Å². The second kappa shape index (κ2) is 3.51. The van der Waals surface area contributed by atoms with Gasteiger partial charge in [0.15, 0.2) is 0 Å². The van der Waals surface area contributed by atoms with Gasteiger partial charge in [0.25, 0.3) is 9.05 Å². The van der Waals surface area contributed by atoms with Gasteiger partial charge in [-0.05, 0) is 42.5 Å². The lowest BCUT2D eigenvalue weighted by Gasteiger charge is -2.05. The molecule has 14 heavy (non-hydrogen) atoms. The normalized spacial score (nSPS) is 17.0. The van der Waals surface area contributed by atoms with Crippen LogP contribution in [-0.2, 0) is 9.05 Å². The molecule has 2 nitrogen and oxygen atoms in total. The Morgan fingerprint density at radius 2 is 2.00 bits per heavy atom. The van der Waals surface area contributed by atoms with Crippen LogP contribution in [0.1, 0.15) is 24.3 Å². The maximum atomic E-state index is 11.2. The van der Waals surface area contributed by atoms with E-state index in [1.54, 1.807) is 12.1 Å². The van der Waals surface area contributed by atoms with E-state index in [-0.39, 0.29) is 4.90 Å². The minimum Gasteiger partial charge on any atom is -0.207 e. The second-order valence-corrected chi connectivity index (χ2v) is 6.84. The summed E-state index contributed by atoms with van der Waals surface area (Å²) in [5.74, 6) is 0.371. The molecule has 0 atom stereocenters. The van der Waals surface area contributed by atoms with E-state index >= 15 is 0 Å². The Bertz CT molecular complexity index is 466. The van der Waals surface area contributed by atoms with E-state index in [0.29, 0.717) is 5.92 Å². The lowest BCUT2D eigenvalue weighted by atomic mass is 10.1. The maximum Gasteiger partial charge on any atom is 0.261 e. The lowest BCUT2D eigenvalue weighted by molar-refractivity contribution is 0.608. The van der Waals surface area contributed by atoms with Gasteiger partial charge in [0.1, 0.15) is 0 Å². The van der Waals surface area contributed by atoms with Crippen LogP contribution in [0.2, 0.25) is 0 Å². The molecule has 0 saturated heterocycles. The number of halogens is 2. The molecule has 0 aliphatic heterocycles. The molecule has 5 heteroatoms. The van der Waals surface area contributed by atoms with Crippen LogP contribution in [-0.4, -0.2) is 8.42 Å². The topological polar surface area (TPSA) is 34.1 Å². The molecule has 0 unspecified atom stereocenters. The summed E-state index contributed by atoms with van der Waals surface area (Å²) < 4.78 is 23.4. The largest absolute Gasteiger partial charge is 0.261 e. The highest BCUT2D eigenvalue weighted by Gasteiger charge is 2.29.